The molecule has 0 saturated heterocycles. The van der Waals surface area contributed by atoms with Crippen LogP contribution < -0.4 is 14.4 Å². The van der Waals surface area contributed by atoms with Gasteiger partial charge in [-0.2, -0.15) is 0 Å². The Kier molecular flexibility index (Phi) is 5.45. The molecule has 0 bridgehead atoms. The van der Waals surface area contributed by atoms with Crippen LogP contribution in [0.25, 0.3) is 0 Å². The fourth-order valence-corrected chi connectivity index (χ4v) is 3.57. The standard InChI is InChI=1S/C21H24FNO3/c1-14-9-17(22)12-16-5-4-8-23(21(14)16)20(24)7-6-15-10-18(25-2)13-19(11-15)26-3/h9-13H,4-8H2,1-3H3. The Labute approximate surface area is 153 Å². The Bertz CT molecular complexity index is 797. The minimum atomic E-state index is -0.237. The quantitative estimate of drug-likeness (QED) is 0.810. The predicted molar refractivity (Wildman–Crippen MR) is 99.7 cm³/mol. The van der Waals surface area contributed by atoms with Crippen molar-refractivity contribution in [3.05, 3.63) is 52.8 Å². The summed E-state index contributed by atoms with van der Waals surface area (Å²) >= 11 is 0. The zero-order chi connectivity index (χ0) is 18.7. The van der Waals surface area contributed by atoms with Gasteiger partial charge in [0, 0.05) is 24.7 Å². The number of hydrogen-bond acceptors (Lipinski definition) is 3. The summed E-state index contributed by atoms with van der Waals surface area (Å²) in [5, 5.41) is 0. The molecule has 0 unspecified atom stereocenters. The summed E-state index contributed by atoms with van der Waals surface area (Å²) < 4.78 is 24.2. The van der Waals surface area contributed by atoms with Crippen LogP contribution >= 0.6 is 0 Å². The maximum Gasteiger partial charge on any atom is 0.227 e. The van der Waals surface area contributed by atoms with E-state index >= 15 is 0 Å². The molecule has 3 rings (SSSR count). The maximum absolute atomic E-state index is 13.7. The second-order valence-corrected chi connectivity index (χ2v) is 6.60. The molecule has 0 fully saturated rings. The topological polar surface area (TPSA) is 38.8 Å². The first-order chi connectivity index (χ1) is 12.5. The third-order valence-corrected chi connectivity index (χ3v) is 4.78. The molecule has 2 aromatic carbocycles. The highest BCUT2D eigenvalue weighted by Gasteiger charge is 2.24. The van der Waals surface area contributed by atoms with Crippen LogP contribution in [-0.2, 0) is 17.6 Å². The largest absolute Gasteiger partial charge is 0.497 e. The first kappa shape index (κ1) is 18.2. The molecule has 0 N–H and O–H groups in total. The number of fused-ring (bicyclic) bond motifs is 1. The molecule has 0 aliphatic carbocycles. The van der Waals surface area contributed by atoms with E-state index in [1.54, 1.807) is 20.3 Å². The van der Waals surface area contributed by atoms with Crippen molar-refractivity contribution in [2.75, 3.05) is 25.7 Å². The number of benzene rings is 2. The first-order valence-corrected chi connectivity index (χ1v) is 8.83. The SMILES string of the molecule is COc1cc(CCC(=O)N2CCCc3cc(F)cc(C)c32)cc(OC)c1. The van der Waals surface area contributed by atoms with Crippen LogP contribution in [0.2, 0.25) is 0 Å². The molecule has 0 spiro atoms. The van der Waals surface area contributed by atoms with E-state index < -0.39 is 0 Å². The van der Waals surface area contributed by atoms with E-state index in [4.69, 9.17) is 9.47 Å². The summed E-state index contributed by atoms with van der Waals surface area (Å²) in [4.78, 5) is 14.7. The van der Waals surface area contributed by atoms with Gasteiger partial charge in [0.1, 0.15) is 17.3 Å². The van der Waals surface area contributed by atoms with E-state index in [1.807, 2.05) is 30.0 Å². The van der Waals surface area contributed by atoms with Gasteiger partial charge < -0.3 is 14.4 Å². The number of carbonyl (C=O) groups excluding carboxylic acids is 1. The van der Waals surface area contributed by atoms with E-state index in [-0.39, 0.29) is 11.7 Å². The lowest BCUT2D eigenvalue weighted by molar-refractivity contribution is -0.118. The third-order valence-electron chi connectivity index (χ3n) is 4.78. The van der Waals surface area contributed by atoms with Crippen molar-refractivity contribution in [1.82, 2.24) is 0 Å². The van der Waals surface area contributed by atoms with Gasteiger partial charge in [0.25, 0.3) is 0 Å². The Morgan fingerprint density at radius 2 is 1.81 bits per heavy atom. The van der Waals surface area contributed by atoms with Crippen molar-refractivity contribution in [2.45, 2.75) is 32.6 Å². The van der Waals surface area contributed by atoms with Gasteiger partial charge in [0.2, 0.25) is 5.91 Å². The van der Waals surface area contributed by atoms with Gasteiger partial charge in [-0.3, -0.25) is 4.79 Å². The molecule has 138 valence electrons. The second kappa shape index (κ2) is 7.77. The molecule has 26 heavy (non-hydrogen) atoms. The fourth-order valence-electron chi connectivity index (χ4n) is 3.57. The van der Waals surface area contributed by atoms with E-state index in [0.29, 0.717) is 30.9 Å². The molecular weight excluding hydrogens is 333 g/mol. The van der Waals surface area contributed by atoms with Crippen LogP contribution in [0.5, 0.6) is 11.5 Å². The highest BCUT2D eigenvalue weighted by molar-refractivity contribution is 5.95. The number of anilines is 1. The Balaban J connectivity index is 1.76. The maximum atomic E-state index is 13.7. The molecule has 0 saturated carbocycles. The number of carbonyl (C=O) groups is 1. The van der Waals surface area contributed by atoms with Crippen molar-refractivity contribution >= 4 is 11.6 Å². The number of amides is 1. The van der Waals surface area contributed by atoms with Crippen LogP contribution in [0.3, 0.4) is 0 Å². The minimum Gasteiger partial charge on any atom is -0.497 e. The summed E-state index contributed by atoms with van der Waals surface area (Å²) in [5.41, 5.74) is 3.61. The van der Waals surface area contributed by atoms with Crippen molar-refractivity contribution in [2.24, 2.45) is 0 Å². The number of hydrogen-bond donors (Lipinski definition) is 0. The van der Waals surface area contributed by atoms with Gasteiger partial charge in [-0.05, 0) is 67.1 Å². The lowest BCUT2D eigenvalue weighted by atomic mass is 9.97. The van der Waals surface area contributed by atoms with Crippen LogP contribution in [-0.4, -0.2) is 26.7 Å². The van der Waals surface area contributed by atoms with E-state index in [0.717, 1.165) is 35.2 Å². The van der Waals surface area contributed by atoms with Crippen molar-refractivity contribution in [1.29, 1.82) is 0 Å². The number of ether oxygens (including phenoxy) is 2. The van der Waals surface area contributed by atoms with Crippen LogP contribution in [0.15, 0.2) is 30.3 Å². The lowest BCUT2D eigenvalue weighted by Gasteiger charge is -2.31. The Hall–Kier alpha value is -2.56. The monoisotopic (exact) mass is 357 g/mol. The molecule has 1 aliphatic heterocycles. The first-order valence-electron chi connectivity index (χ1n) is 8.83. The molecule has 1 amide bonds. The van der Waals surface area contributed by atoms with Crippen molar-refractivity contribution < 1.29 is 18.7 Å². The minimum absolute atomic E-state index is 0.0578. The summed E-state index contributed by atoms with van der Waals surface area (Å²) in [7, 11) is 3.21. The lowest BCUT2D eigenvalue weighted by Crippen LogP contribution is -2.36. The summed E-state index contributed by atoms with van der Waals surface area (Å²) in [6, 6.07) is 8.69. The smallest absolute Gasteiger partial charge is 0.227 e. The molecule has 2 aromatic rings. The van der Waals surface area contributed by atoms with Gasteiger partial charge in [-0.25, -0.2) is 4.39 Å². The van der Waals surface area contributed by atoms with E-state index in [9.17, 15) is 9.18 Å². The van der Waals surface area contributed by atoms with Gasteiger partial charge in [-0.1, -0.05) is 0 Å². The fraction of sp³-hybridized carbons (Fsp3) is 0.381. The van der Waals surface area contributed by atoms with Crippen LogP contribution in [0.1, 0.15) is 29.5 Å². The number of nitrogens with zero attached hydrogens (tertiary/aromatic N) is 1. The highest BCUT2D eigenvalue weighted by Crippen LogP contribution is 2.32. The Morgan fingerprint density at radius 3 is 2.46 bits per heavy atom. The summed E-state index contributed by atoms with van der Waals surface area (Å²) in [6.45, 7) is 2.54. The molecule has 0 atom stereocenters. The zero-order valence-electron chi connectivity index (χ0n) is 15.5. The average Bonchev–Trinajstić information content (AvgIpc) is 2.64. The van der Waals surface area contributed by atoms with Gasteiger partial charge in [-0.15, -0.1) is 0 Å². The summed E-state index contributed by atoms with van der Waals surface area (Å²) in [5.74, 6) is 1.24. The summed E-state index contributed by atoms with van der Waals surface area (Å²) in [6.07, 6.45) is 2.64. The molecule has 4 nitrogen and oxygen atoms in total. The van der Waals surface area contributed by atoms with Crippen LogP contribution in [0, 0.1) is 12.7 Å². The highest BCUT2D eigenvalue weighted by atomic mass is 19.1. The van der Waals surface area contributed by atoms with Gasteiger partial charge in [0.05, 0.1) is 14.2 Å². The third kappa shape index (κ3) is 3.82. The second-order valence-electron chi connectivity index (χ2n) is 6.60. The van der Waals surface area contributed by atoms with E-state index in [2.05, 4.69) is 0 Å². The van der Waals surface area contributed by atoms with Gasteiger partial charge in [0.15, 0.2) is 0 Å². The molecule has 5 heteroatoms. The zero-order valence-corrected chi connectivity index (χ0v) is 15.5. The van der Waals surface area contributed by atoms with E-state index in [1.165, 1.54) is 6.07 Å². The normalized spacial score (nSPS) is 13.3. The number of methoxy groups -OCH3 is 2. The van der Waals surface area contributed by atoms with Crippen molar-refractivity contribution in [3.63, 3.8) is 0 Å². The number of aryl methyl sites for hydroxylation is 3. The molecule has 1 aliphatic rings. The number of halogens is 1. The van der Waals surface area contributed by atoms with Crippen LogP contribution in [0.4, 0.5) is 10.1 Å². The molecule has 1 heterocycles. The number of rotatable bonds is 5. The van der Waals surface area contributed by atoms with Crippen molar-refractivity contribution in [3.8, 4) is 11.5 Å². The molecule has 0 radical (unpaired) electrons. The average molecular weight is 357 g/mol. The molecular formula is C21H24FNO3. The van der Waals surface area contributed by atoms with Gasteiger partial charge >= 0.3 is 0 Å². The Morgan fingerprint density at radius 1 is 1.12 bits per heavy atom. The predicted octanol–water partition coefficient (Wildman–Crippen LogP) is 4.06. The molecule has 0 aromatic heterocycles.